The van der Waals surface area contributed by atoms with Crippen molar-refractivity contribution in [3.8, 4) is 0 Å². The molecule has 0 aliphatic heterocycles. The Kier molecular flexibility index (Phi) is 7.45. The van der Waals surface area contributed by atoms with Crippen molar-refractivity contribution in [3.05, 3.63) is 74.3 Å². The largest absolute Gasteiger partial charge is 0.299 e. The van der Waals surface area contributed by atoms with Crippen molar-refractivity contribution in [3.63, 3.8) is 0 Å². The van der Waals surface area contributed by atoms with E-state index in [2.05, 4.69) is 56.0 Å². The Hall–Kier alpha value is -0.990. The van der Waals surface area contributed by atoms with Gasteiger partial charge in [-0.05, 0) is 51.9 Å². The molecule has 1 amide bonds. The van der Waals surface area contributed by atoms with Gasteiger partial charge in [0.1, 0.15) is 0 Å². The number of rotatable bonds is 7. The summed E-state index contributed by atoms with van der Waals surface area (Å²) in [7, 11) is 0. The minimum Gasteiger partial charge on any atom is -0.299 e. The van der Waals surface area contributed by atoms with Gasteiger partial charge in [0, 0.05) is 13.8 Å². The van der Waals surface area contributed by atoms with Crippen LogP contribution in [-0.4, -0.2) is 11.7 Å². The maximum Gasteiger partial charge on any atom is 0.248 e. The molecule has 2 aromatic carbocycles. The molecule has 2 N–H and O–H groups in total. The molecule has 0 spiro atoms. The Balaban J connectivity index is 1.72. The Bertz CT molecular complexity index is 691. The molecule has 2 aromatic rings. The number of nitrogens with one attached hydrogen (secondary N) is 2. The quantitative estimate of drug-likeness (QED) is 0.430. The Morgan fingerprint density at radius 1 is 1.13 bits per heavy atom. The fraction of sp³-hybridized carbons (Fsp3) is 0.118. The summed E-state index contributed by atoms with van der Waals surface area (Å²) < 4.78 is 2.23. The molecule has 0 aliphatic carbocycles. The molecule has 0 fully saturated rings. The summed E-state index contributed by atoms with van der Waals surface area (Å²) in [6, 6.07) is 15.9. The van der Waals surface area contributed by atoms with E-state index in [9.17, 15) is 4.79 Å². The minimum atomic E-state index is -0.0753. The summed E-state index contributed by atoms with van der Waals surface area (Å²) in [5, 5.41) is 0. The van der Waals surface area contributed by atoms with Crippen LogP contribution in [-0.2, 0) is 10.5 Å². The van der Waals surface area contributed by atoms with E-state index in [1.54, 1.807) is 11.8 Å². The van der Waals surface area contributed by atoms with Gasteiger partial charge in [0.15, 0.2) is 0 Å². The highest BCUT2D eigenvalue weighted by Crippen LogP contribution is 2.21. The number of halogens is 2. The van der Waals surface area contributed by atoms with Crippen LogP contribution >= 0.6 is 50.3 Å². The van der Waals surface area contributed by atoms with Crippen molar-refractivity contribution in [2.24, 2.45) is 0 Å². The zero-order valence-corrected chi connectivity index (χ0v) is 16.9. The van der Waals surface area contributed by atoms with E-state index >= 15 is 0 Å². The number of carbonyl (C=O) groups is 1. The van der Waals surface area contributed by atoms with Crippen LogP contribution in [0.5, 0.6) is 0 Å². The van der Waals surface area contributed by atoms with Crippen LogP contribution in [0.4, 0.5) is 0 Å². The fourth-order valence-electron chi connectivity index (χ4n) is 1.77. The van der Waals surface area contributed by atoms with Crippen molar-refractivity contribution >= 4 is 61.9 Å². The zero-order chi connectivity index (χ0) is 16.7. The number of carbonyl (C=O) groups excluding carboxylic acids is 1. The number of amides is 1. The Labute approximate surface area is 162 Å². The molecule has 0 bridgehead atoms. The Morgan fingerprint density at radius 2 is 1.83 bits per heavy atom. The van der Waals surface area contributed by atoms with Gasteiger partial charge in [-0.25, -0.2) is 0 Å². The van der Waals surface area contributed by atoms with E-state index in [0.717, 1.165) is 19.4 Å². The molecule has 0 heterocycles. The topological polar surface area (TPSA) is 41.1 Å². The lowest BCUT2D eigenvalue weighted by atomic mass is 10.2. The van der Waals surface area contributed by atoms with E-state index in [1.807, 2.05) is 48.5 Å². The van der Waals surface area contributed by atoms with Crippen LogP contribution < -0.4 is 10.9 Å². The van der Waals surface area contributed by atoms with Gasteiger partial charge in [0.2, 0.25) is 5.91 Å². The molecule has 0 saturated carbocycles. The van der Waals surface area contributed by atoms with Gasteiger partial charge in [-0.2, -0.15) is 0 Å². The number of hydrogen-bond donors (Lipinski definition) is 2. The monoisotopic (exact) mass is 502 g/mol. The van der Waals surface area contributed by atoms with Gasteiger partial charge in [0.05, 0.1) is 11.4 Å². The first-order valence-electron chi connectivity index (χ1n) is 6.87. The number of hydrazine groups is 1. The predicted octanol–water partition coefficient (Wildman–Crippen LogP) is 4.58. The van der Waals surface area contributed by atoms with Crippen LogP contribution in [0.3, 0.4) is 0 Å². The van der Waals surface area contributed by atoms with Gasteiger partial charge in [-0.3, -0.25) is 15.6 Å². The van der Waals surface area contributed by atoms with Crippen molar-refractivity contribution in [1.29, 1.82) is 0 Å². The van der Waals surface area contributed by atoms with Crippen LogP contribution in [0.2, 0.25) is 0 Å². The van der Waals surface area contributed by atoms with E-state index in [-0.39, 0.29) is 5.91 Å². The molecule has 0 unspecified atom stereocenters. The van der Waals surface area contributed by atoms with Crippen LogP contribution in [0.25, 0.3) is 5.70 Å². The van der Waals surface area contributed by atoms with Crippen LogP contribution in [0.15, 0.2) is 59.6 Å². The second-order valence-corrected chi connectivity index (χ2v) is 7.83. The third-order valence-electron chi connectivity index (χ3n) is 2.99. The molecule has 0 aliphatic rings. The Morgan fingerprint density at radius 3 is 2.52 bits per heavy atom. The average Bonchev–Trinajstić information content (AvgIpc) is 2.55. The molecule has 0 radical (unpaired) electrons. The molecule has 23 heavy (non-hydrogen) atoms. The molecule has 0 saturated heterocycles. The SMILES string of the molecule is C=C(NNC(=O)CSCc1ccccc1Br)c1ccc(I)cc1. The summed E-state index contributed by atoms with van der Waals surface area (Å²) in [5.41, 5.74) is 8.34. The lowest BCUT2D eigenvalue weighted by Crippen LogP contribution is -2.37. The van der Waals surface area contributed by atoms with Gasteiger partial charge in [-0.1, -0.05) is 52.8 Å². The molecule has 0 aromatic heterocycles. The third kappa shape index (κ3) is 6.19. The highest BCUT2D eigenvalue weighted by Gasteiger charge is 2.05. The van der Waals surface area contributed by atoms with Crippen molar-refractivity contribution in [2.75, 3.05) is 5.75 Å². The molecular weight excluding hydrogens is 487 g/mol. The van der Waals surface area contributed by atoms with Gasteiger partial charge < -0.3 is 0 Å². The molecule has 6 heteroatoms. The fourth-order valence-corrected chi connectivity index (χ4v) is 3.58. The second-order valence-electron chi connectivity index (χ2n) is 4.74. The maximum atomic E-state index is 11.9. The molecule has 0 atom stereocenters. The summed E-state index contributed by atoms with van der Waals surface area (Å²) in [6.07, 6.45) is 0. The van der Waals surface area contributed by atoms with Gasteiger partial charge in [-0.15, -0.1) is 11.8 Å². The van der Waals surface area contributed by atoms with E-state index < -0.39 is 0 Å². The average molecular weight is 503 g/mol. The van der Waals surface area contributed by atoms with Gasteiger partial charge >= 0.3 is 0 Å². The normalized spacial score (nSPS) is 10.2. The molecular formula is C17H16BrIN2OS. The number of thioether (sulfide) groups is 1. The zero-order valence-electron chi connectivity index (χ0n) is 12.3. The highest BCUT2D eigenvalue weighted by molar-refractivity contribution is 14.1. The predicted molar refractivity (Wildman–Crippen MR) is 110 cm³/mol. The molecule has 3 nitrogen and oxygen atoms in total. The van der Waals surface area contributed by atoms with E-state index in [1.165, 1.54) is 5.56 Å². The number of benzene rings is 2. The van der Waals surface area contributed by atoms with Crippen LogP contribution in [0, 0.1) is 3.57 Å². The van der Waals surface area contributed by atoms with Crippen molar-refractivity contribution in [2.45, 2.75) is 5.75 Å². The first-order chi connectivity index (χ1) is 11.1. The van der Waals surface area contributed by atoms with Gasteiger partial charge in [0.25, 0.3) is 0 Å². The number of hydrogen-bond acceptors (Lipinski definition) is 3. The maximum absolute atomic E-state index is 11.9. The third-order valence-corrected chi connectivity index (χ3v) is 5.47. The van der Waals surface area contributed by atoms with Crippen LogP contribution in [0.1, 0.15) is 11.1 Å². The molecule has 120 valence electrons. The smallest absolute Gasteiger partial charge is 0.248 e. The minimum absolute atomic E-state index is 0.0753. The highest BCUT2D eigenvalue weighted by atomic mass is 127. The molecule has 2 rings (SSSR count). The first-order valence-corrected chi connectivity index (χ1v) is 9.90. The summed E-state index contributed by atoms with van der Waals surface area (Å²) >= 11 is 7.32. The summed E-state index contributed by atoms with van der Waals surface area (Å²) in [6.45, 7) is 3.92. The standard InChI is InChI=1S/C17H16BrIN2OS/c1-12(13-6-8-15(19)9-7-13)20-21-17(22)11-23-10-14-4-2-3-5-16(14)18/h2-9,20H,1,10-11H2,(H,21,22). The summed E-state index contributed by atoms with van der Waals surface area (Å²) in [5.74, 6) is 1.09. The summed E-state index contributed by atoms with van der Waals surface area (Å²) in [4.78, 5) is 11.9. The lowest BCUT2D eigenvalue weighted by Gasteiger charge is -2.11. The van der Waals surface area contributed by atoms with Crippen molar-refractivity contribution < 1.29 is 4.79 Å². The second kappa shape index (κ2) is 9.34. The van der Waals surface area contributed by atoms with Crippen molar-refractivity contribution in [1.82, 2.24) is 10.9 Å². The lowest BCUT2D eigenvalue weighted by molar-refractivity contribution is -0.119. The van der Waals surface area contributed by atoms with E-state index in [4.69, 9.17) is 0 Å². The first kappa shape index (κ1) is 18.4. The van der Waals surface area contributed by atoms with E-state index in [0.29, 0.717) is 11.4 Å².